The molecule has 3 rings (SSSR count). The van der Waals surface area contributed by atoms with Gasteiger partial charge in [-0.05, 0) is 37.3 Å². The van der Waals surface area contributed by atoms with E-state index in [0.717, 1.165) is 30.5 Å². The van der Waals surface area contributed by atoms with Gasteiger partial charge in [0.15, 0.2) is 0 Å². The highest BCUT2D eigenvalue weighted by Gasteiger charge is 2.38. The summed E-state index contributed by atoms with van der Waals surface area (Å²) in [6.07, 6.45) is 5.87. The molecule has 1 fully saturated rings. The largest absolute Gasteiger partial charge is 0.337 e. The Kier molecular flexibility index (Phi) is 3.30. The maximum atomic E-state index is 6.48. The lowest BCUT2D eigenvalue weighted by Crippen LogP contribution is -2.41. The van der Waals surface area contributed by atoms with Gasteiger partial charge in [-0.3, -0.25) is 4.98 Å². The van der Waals surface area contributed by atoms with Crippen LogP contribution in [0.4, 0.5) is 0 Å². The van der Waals surface area contributed by atoms with Gasteiger partial charge in [-0.25, -0.2) is 0 Å². The second-order valence-electron chi connectivity index (χ2n) is 5.95. The molecular formula is C15H20N4O. The van der Waals surface area contributed by atoms with Crippen LogP contribution >= 0.6 is 0 Å². The summed E-state index contributed by atoms with van der Waals surface area (Å²) in [6, 6.07) is 3.88. The highest BCUT2D eigenvalue weighted by atomic mass is 16.5. The zero-order valence-electron chi connectivity index (χ0n) is 12.0. The summed E-state index contributed by atoms with van der Waals surface area (Å²) >= 11 is 0. The van der Waals surface area contributed by atoms with Gasteiger partial charge in [0.2, 0.25) is 11.7 Å². The van der Waals surface area contributed by atoms with Crippen LogP contribution in [0.15, 0.2) is 22.9 Å². The topological polar surface area (TPSA) is 77.8 Å². The number of nitrogens with two attached hydrogens (primary N) is 1. The molecule has 5 heteroatoms. The molecule has 20 heavy (non-hydrogen) atoms. The Hall–Kier alpha value is -1.75. The summed E-state index contributed by atoms with van der Waals surface area (Å²) in [4.78, 5) is 8.82. The first-order valence-electron chi connectivity index (χ1n) is 7.13. The maximum Gasteiger partial charge on any atom is 0.247 e. The lowest BCUT2D eigenvalue weighted by Gasteiger charge is -2.33. The Balaban J connectivity index is 1.92. The molecule has 1 aliphatic rings. The van der Waals surface area contributed by atoms with Crippen molar-refractivity contribution in [3.63, 3.8) is 0 Å². The third-order valence-corrected chi connectivity index (χ3v) is 4.11. The van der Waals surface area contributed by atoms with Crippen molar-refractivity contribution in [1.82, 2.24) is 15.1 Å². The summed E-state index contributed by atoms with van der Waals surface area (Å²) in [5.41, 5.74) is 7.79. The van der Waals surface area contributed by atoms with E-state index in [2.05, 4.69) is 22.0 Å². The van der Waals surface area contributed by atoms with Crippen molar-refractivity contribution in [1.29, 1.82) is 0 Å². The van der Waals surface area contributed by atoms with E-state index in [1.54, 1.807) is 6.20 Å². The molecule has 0 aliphatic heterocycles. The number of aryl methyl sites for hydroxylation is 1. The molecule has 2 atom stereocenters. The second kappa shape index (κ2) is 4.98. The summed E-state index contributed by atoms with van der Waals surface area (Å²) in [5.74, 6) is 1.67. The van der Waals surface area contributed by atoms with Gasteiger partial charge >= 0.3 is 0 Å². The fourth-order valence-corrected chi connectivity index (χ4v) is 3.03. The normalized spacial score (nSPS) is 26.6. The fourth-order valence-electron chi connectivity index (χ4n) is 3.03. The number of hydrogen-bond acceptors (Lipinski definition) is 5. The predicted octanol–water partition coefficient (Wildman–Crippen LogP) is 2.80. The monoisotopic (exact) mass is 272 g/mol. The molecule has 2 aromatic heterocycles. The molecule has 2 unspecified atom stereocenters. The van der Waals surface area contributed by atoms with Crippen molar-refractivity contribution in [2.24, 2.45) is 11.7 Å². The van der Waals surface area contributed by atoms with Crippen LogP contribution in [0, 0.1) is 12.8 Å². The minimum absolute atomic E-state index is 0.481. The van der Waals surface area contributed by atoms with E-state index in [0.29, 0.717) is 17.6 Å². The highest BCUT2D eigenvalue weighted by molar-refractivity contribution is 5.53. The molecule has 1 aliphatic carbocycles. The van der Waals surface area contributed by atoms with Crippen molar-refractivity contribution in [2.75, 3.05) is 0 Å². The van der Waals surface area contributed by atoms with E-state index < -0.39 is 5.54 Å². The summed E-state index contributed by atoms with van der Waals surface area (Å²) < 4.78 is 5.44. The van der Waals surface area contributed by atoms with Gasteiger partial charge in [0.05, 0.1) is 5.54 Å². The molecule has 0 spiro atoms. The molecule has 2 N–H and O–H groups in total. The molecule has 0 aromatic carbocycles. The van der Waals surface area contributed by atoms with E-state index in [9.17, 15) is 0 Å². The third-order valence-electron chi connectivity index (χ3n) is 4.11. The van der Waals surface area contributed by atoms with Gasteiger partial charge in [0, 0.05) is 6.20 Å². The maximum absolute atomic E-state index is 6.48. The zero-order valence-corrected chi connectivity index (χ0v) is 12.0. The Labute approximate surface area is 118 Å². The van der Waals surface area contributed by atoms with Crippen molar-refractivity contribution in [3.8, 4) is 11.5 Å². The first-order chi connectivity index (χ1) is 9.58. The number of pyridine rings is 1. The minimum atomic E-state index is -0.481. The van der Waals surface area contributed by atoms with Crippen LogP contribution in [0.5, 0.6) is 0 Å². The molecule has 0 amide bonds. The van der Waals surface area contributed by atoms with Crippen LogP contribution in [-0.2, 0) is 5.54 Å². The number of hydrogen-bond donors (Lipinski definition) is 1. The number of rotatable bonds is 2. The molecule has 0 saturated heterocycles. The van der Waals surface area contributed by atoms with Crippen LogP contribution in [-0.4, -0.2) is 15.1 Å². The highest BCUT2D eigenvalue weighted by Crippen LogP contribution is 2.37. The van der Waals surface area contributed by atoms with Gasteiger partial charge < -0.3 is 10.3 Å². The lowest BCUT2D eigenvalue weighted by atomic mass is 9.77. The summed E-state index contributed by atoms with van der Waals surface area (Å²) in [6.45, 7) is 4.21. The van der Waals surface area contributed by atoms with E-state index in [4.69, 9.17) is 10.3 Å². The average Bonchev–Trinajstić information content (AvgIpc) is 2.89. The minimum Gasteiger partial charge on any atom is -0.337 e. The first-order valence-corrected chi connectivity index (χ1v) is 7.13. The van der Waals surface area contributed by atoms with Crippen molar-refractivity contribution in [2.45, 2.75) is 45.1 Å². The van der Waals surface area contributed by atoms with Crippen LogP contribution in [0.2, 0.25) is 0 Å². The SMILES string of the molecule is Cc1cccnc1-c1noc(C2(N)CCCC(C)C2)n1. The van der Waals surface area contributed by atoms with Crippen molar-refractivity contribution < 1.29 is 4.52 Å². The smallest absolute Gasteiger partial charge is 0.247 e. The fraction of sp³-hybridized carbons (Fsp3) is 0.533. The van der Waals surface area contributed by atoms with Gasteiger partial charge in [-0.1, -0.05) is 31.0 Å². The van der Waals surface area contributed by atoms with Gasteiger partial charge in [-0.15, -0.1) is 0 Å². The van der Waals surface area contributed by atoms with Crippen molar-refractivity contribution >= 4 is 0 Å². The van der Waals surface area contributed by atoms with E-state index in [1.807, 2.05) is 19.1 Å². The molecule has 0 bridgehead atoms. The van der Waals surface area contributed by atoms with Crippen LogP contribution in [0.1, 0.15) is 44.1 Å². The standard InChI is InChI=1S/C15H20N4O/c1-10-5-3-7-15(16,9-10)14-18-13(19-20-14)12-11(2)6-4-8-17-12/h4,6,8,10H,3,5,7,9,16H2,1-2H3. The molecule has 5 nitrogen and oxygen atoms in total. The Bertz CT molecular complexity index is 609. The molecule has 2 heterocycles. The predicted molar refractivity (Wildman–Crippen MR) is 75.8 cm³/mol. The Morgan fingerprint density at radius 2 is 2.30 bits per heavy atom. The quantitative estimate of drug-likeness (QED) is 0.909. The van der Waals surface area contributed by atoms with Crippen molar-refractivity contribution in [3.05, 3.63) is 29.8 Å². The van der Waals surface area contributed by atoms with E-state index in [-0.39, 0.29) is 0 Å². The van der Waals surface area contributed by atoms with E-state index >= 15 is 0 Å². The Morgan fingerprint density at radius 3 is 3.05 bits per heavy atom. The zero-order chi connectivity index (χ0) is 14.2. The van der Waals surface area contributed by atoms with E-state index in [1.165, 1.54) is 6.42 Å². The molecule has 106 valence electrons. The summed E-state index contributed by atoms with van der Waals surface area (Å²) in [7, 11) is 0. The van der Waals surface area contributed by atoms with Gasteiger partial charge in [0.1, 0.15) is 5.69 Å². The van der Waals surface area contributed by atoms with Crippen LogP contribution < -0.4 is 5.73 Å². The number of aromatic nitrogens is 3. The van der Waals surface area contributed by atoms with Crippen LogP contribution in [0.3, 0.4) is 0 Å². The average molecular weight is 272 g/mol. The second-order valence-corrected chi connectivity index (χ2v) is 5.95. The third kappa shape index (κ3) is 2.33. The first kappa shape index (κ1) is 13.2. The molecule has 1 saturated carbocycles. The van der Waals surface area contributed by atoms with Crippen LogP contribution in [0.25, 0.3) is 11.5 Å². The summed E-state index contributed by atoms with van der Waals surface area (Å²) in [5, 5.41) is 4.06. The molecule has 0 radical (unpaired) electrons. The Morgan fingerprint density at radius 1 is 1.45 bits per heavy atom. The lowest BCUT2D eigenvalue weighted by molar-refractivity contribution is 0.183. The van der Waals surface area contributed by atoms with Gasteiger partial charge in [-0.2, -0.15) is 4.98 Å². The molecule has 2 aromatic rings. The molecular weight excluding hydrogens is 252 g/mol. The number of nitrogens with zero attached hydrogens (tertiary/aromatic N) is 3. The van der Waals surface area contributed by atoms with Gasteiger partial charge in [0.25, 0.3) is 0 Å².